The molecule has 3 aromatic rings. The summed E-state index contributed by atoms with van der Waals surface area (Å²) in [6.07, 6.45) is 5.02. The van der Waals surface area contributed by atoms with Gasteiger partial charge in [-0.3, -0.25) is 4.79 Å². The molecule has 0 bridgehead atoms. The van der Waals surface area contributed by atoms with E-state index in [1.807, 2.05) is 24.8 Å². The van der Waals surface area contributed by atoms with Crippen LogP contribution in [0.1, 0.15) is 65.3 Å². The van der Waals surface area contributed by atoms with Gasteiger partial charge in [-0.2, -0.15) is 9.97 Å². The molecule has 0 aromatic carbocycles. The lowest BCUT2D eigenvalue weighted by atomic mass is 9.94. The minimum atomic E-state index is -0.142. The van der Waals surface area contributed by atoms with E-state index < -0.39 is 0 Å². The molecule has 5 rings (SSSR count). The van der Waals surface area contributed by atoms with Gasteiger partial charge in [-0.05, 0) is 51.5 Å². The average molecular weight is 381 g/mol. The summed E-state index contributed by atoms with van der Waals surface area (Å²) in [6.45, 7) is 5.21. The zero-order chi connectivity index (χ0) is 19.3. The predicted octanol–water partition coefficient (Wildman–Crippen LogP) is 2.10. The van der Waals surface area contributed by atoms with Crippen molar-refractivity contribution in [3.05, 3.63) is 35.0 Å². The molecule has 0 spiro atoms. The average Bonchev–Trinajstić information content (AvgIpc) is 3.27. The second kappa shape index (κ2) is 6.65. The molecule has 1 aliphatic heterocycles. The zero-order valence-corrected chi connectivity index (χ0v) is 16.1. The number of fused-ring (bicyclic) bond motifs is 1. The van der Waals surface area contributed by atoms with Gasteiger partial charge in [0.2, 0.25) is 11.7 Å². The fraction of sp³-hybridized carbons (Fsp3) is 0.579. The van der Waals surface area contributed by atoms with Gasteiger partial charge in [0.15, 0.2) is 5.82 Å². The summed E-state index contributed by atoms with van der Waals surface area (Å²) in [4.78, 5) is 28.1. The Morgan fingerprint density at radius 1 is 1.21 bits per heavy atom. The van der Waals surface area contributed by atoms with Crippen LogP contribution in [-0.4, -0.2) is 53.6 Å². The van der Waals surface area contributed by atoms with Crippen molar-refractivity contribution in [3.63, 3.8) is 0 Å². The fourth-order valence-corrected chi connectivity index (χ4v) is 3.92. The van der Waals surface area contributed by atoms with Gasteiger partial charge < -0.3 is 9.42 Å². The fourth-order valence-electron chi connectivity index (χ4n) is 3.92. The number of hydrogen-bond donors (Lipinski definition) is 0. The summed E-state index contributed by atoms with van der Waals surface area (Å²) < 4.78 is 7.04. The van der Waals surface area contributed by atoms with E-state index in [9.17, 15) is 4.79 Å². The van der Waals surface area contributed by atoms with Crippen LogP contribution < -0.4 is 0 Å². The first kappa shape index (κ1) is 17.3. The molecule has 9 heteroatoms. The van der Waals surface area contributed by atoms with Crippen LogP contribution >= 0.6 is 0 Å². The Labute approximate surface area is 162 Å². The van der Waals surface area contributed by atoms with Crippen molar-refractivity contribution in [2.24, 2.45) is 5.92 Å². The second-order valence-electron chi connectivity index (χ2n) is 7.97. The number of nitrogens with zero attached hydrogens (tertiary/aromatic N) is 7. The molecule has 28 heavy (non-hydrogen) atoms. The third kappa shape index (κ3) is 3.25. The number of piperidine rings is 1. The van der Waals surface area contributed by atoms with E-state index in [0.717, 1.165) is 42.9 Å². The Morgan fingerprint density at radius 3 is 2.89 bits per heavy atom. The standard InChI is InChI=1S/C19H23N7O2/c1-11-8-12(2)26-19(20-11)22-17(23-26)18(27)25-7-3-4-13(10-25)9-15-21-16(24-28-15)14-5-6-14/h8,13-14H,3-7,9-10H2,1-2H3. The zero-order valence-electron chi connectivity index (χ0n) is 16.1. The first-order chi connectivity index (χ1) is 13.6. The molecular weight excluding hydrogens is 358 g/mol. The highest BCUT2D eigenvalue weighted by Crippen LogP contribution is 2.38. The first-order valence-electron chi connectivity index (χ1n) is 9.89. The van der Waals surface area contributed by atoms with Crippen LogP contribution in [0.4, 0.5) is 0 Å². The van der Waals surface area contributed by atoms with Gasteiger partial charge in [0.1, 0.15) is 0 Å². The van der Waals surface area contributed by atoms with Crippen LogP contribution in [0.2, 0.25) is 0 Å². The van der Waals surface area contributed by atoms with E-state index in [1.165, 1.54) is 0 Å². The van der Waals surface area contributed by atoms with Crippen molar-refractivity contribution in [1.82, 2.24) is 34.6 Å². The van der Waals surface area contributed by atoms with Crippen LogP contribution in [0.5, 0.6) is 0 Å². The summed E-state index contributed by atoms with van der Waals surface area (Å²) in [5.41, 5.74) is 1.77. The molecule has 0 N–H and O–H groups in total. The molecule has 3 aromatic heterocycles. The number of likely N-dealkylation sites (tertiary alicyclic amines) is 1. The quantitative estimate of drug-likeness (QED) is 0.682. The minimum absolute atomic E-state index is 0.142. The molecule has 1 aliphatic carbocycles. The molecule has 0 radical (unpaired) electrons. The van der Waals surface area contributed by atoms with Crippen LogP contribution in [-0.2, 0) is 6.42 Å². The van der Waals surface area contributed by atoms with Crippen LogP contribution in [0, 0.1) is 19.8 Å². The van der Waals surface area contributed by atoms with Gasteiger partial charge in [0, 0.05) is 36.8 Å². The third-order valence-corrected chi connectivity index (χ3v) is 5.51. The molecule has 9 nitrogen and oxygen atoms in total. The molecule has 1 saturated heterocycles. The molecule has 1 unspecified atom stereocenters. The lowest BCUT2D eigenvalue weighted by molar-refractivity contribution is 0.0656. The lowest BCUT2D eigenvalue weighted by Crippen LogP contribution is -2.41. The van der Waals surface area contributed by atoms with E-state index in [4.69, 9.17) is 4.52 Å². The normalized spacial score (nSPS) is 20.1. The molecule has 4 heterocycles. The van der Waals surface area contributed by atoms with Gasteiger partial charge in [-0.1, -0.05) is 5.16 Å². The van der Waals surface area contributed by atoms with Crippen molar-refractivity contribution in [2.45, 2.75) is 51.9 Å². The number of hydrogen-bond acceptors (Lipinski definition) is 7. The van der Waals surface area contributed by atoms with Gasteiger partial charge in [-0.15, -0.1) is 5.10 Å². The maximum atomic E-state index is 13.0. The van der Waals surface area contributed by atoms with Crippen molar-refractivity contribution < 1.29 is 9.32 Å². The highest BCUT2D eigenvalue weighted by molar-refractivity contribution is 5.91. The second-order valence-corrected chi connectivity index (χ2v) is 7.97. The van der Waals surface area contributed by atoms with E-state index in [-0.39, 0.29) is 11.7 Å². The number of amides is 1. The maximum Gasteiger partial charge on any atom is 0.293 e. The predicted molar refractivity (Wildman–Crippen MR) is 98.9 cm³/mol. The molecule has 2 aliphatic rings. The summed E-state index contributed by atoms with van der Waals surface area (Å²) in [5.74, 6) is 2.85. The SMILES string of the molecule is Cc1cc(C)n2nc(C(=O)N3CCCC(Cc4nc(C5CC5)no4)C3)nc2n1. The molecule has 2 fully saturated rings. The number of aromatic nitrogens is 6. The van der Waals surface area contributed by atoms with Crippen LogP contribution in [0.25, 0.3) is 5.78 Å². The summed E-state index contributed by atoms with van der Waals surface area (Å²) in [5, 5.41) is 8.47. The maximum absolute atomic E-state index is 13.0. The number of rotatable bonds is 4. The highest BCUT2D eigenvalue weighted by Gasteiger charge is 2.31. The number of carbonyl (C=O) groups is 1. The van der Waals surface area contributed by atoms with Crippen molar-refractivity contribution in [1.29, 1.82) is 0 Å². The van der Waals surface area contributed by atoms with E-state index in [2.05, 4.69) is 25.2 Å². The summed E-state index contributed by atoms with van der Waals surface area (Å²) >= 11 is 0. The topological polar surface area (TPSA) is 102 Å². The molecule has 1 amide bonds. The van der Waals surface area contributed by atoms with E-state index in [1.54, 1.807) is 4.52 Å². The Morgan fingerprint density at radius 2 is 2.07 bits per heavy atom. The Balaban J connectivity index is 1.30. The Kier molecular flexibility index (Phi) is 4.10. The number of aryl methyl sites for hydroxylation is 2. The van der Waals surface area contributed by atoms with Gasteiger partial charge >= 0.3 is 0 Å². The molecular formula is C19H23N7O2. The summed E-state index contributed by atoms with van der Waals surface area (Å²) in [7, 11) is 0. The van der Waals surface area contributed by atoms with Crippen LogP contribution in [0.3, 0.4) is 0 Å². The molecule has 1 atom stereocenters. The lowest BCUT2D eigenvalue weighted by Gasteiger charge is -2.31. The molecule has 1 saturated carbocycles. The summed E-state index contributed by atoms with van der Waals surface area (Å²) in [6, 6.07) is 1.92. The Bertz CT molecular complexity index is 1040. The minimum Gasteiger partial charge on any atom is -0.339 e. The highest BCUT2D eigenvalue weighted by atomic mass is 16.5. The largest absolute Gasteiger partial charge is 0.339 e. The Hall–Kier alpha value is -2.84. The van der Waals surface area contributed by atoms with E-state index >= 15 is 0 Å². The van der Waals surface area contributed by atoms with Gasteiger partial charge in [0.25, 0.3) is 11.7 Å². The van der Waals surface area contributed by atoms with Crippen LogP contribution in [0.15, 0.2) is 10.6 Å². The van der Waals surface area contributed by atoms with Gasteiger partial charge in [0.05, 0.1) is 0 Å². The van der Waals surface area contributed by atoms with Crippen molar-refractivity contribution >= 4 is 11.7 Å². The van der Waals surface area contributed by atoms with Gasteiger partial charge in [-0.25, -0.2) is 9.50 Å². The monoisotopic (exact) mass is 381 g/mol. The smallest absolute Gasteiger partial charge is 0.293 e. The van der Waals surface area contributed by atoms with Crippen molar-refractivity contribution in [2.75, 3.05) is 13.1 Å². The van der Waals surface area contributed by atoms with Crippen molar-refractivity contribution in [3.8, 4) is 0 Å². The third-order valence-electron chi connectivity index (χ3n) is 5.51. The van der Waals surface area contributed by atoms with E-state index in [0.29, 0.717) is 43.0 Å². The molecule has 146 valence electrons. The first-order valence-corrected chi connectivity index (χ1v) is 9.89. The number of carbonyl (C=O) groups excluding carboxylic acids is 1.